The van der Waals surface area contributed by atoms with Crippen LogP contribution in [0.5, 0.6) is 0 Å². The number of rotatable bonds is 4. The van der Waals surface area contributed by atoms with Gasteiger partial charge in [-0.15, -0.1) is 0 Å². The monoisotopic (exact) mass is 250 g/mol. The predicted octanol–water partition coefficient (Wildman–Crippen LogP) is 1.40. The third-order valence-corrected chi connectivity index (χ3v) is 2.50. The van der Waals surface area contributed by atoms with Gasteiger partial charge in [-0.3, -0.25) is 0 Å². The maximum atomic E-state index is 12.5. The molecule has 6 heteroatoms. The fourth-order valence-electron chi connectivity index (χ4n) is 1.38. The first-order valence-corrected chi connectivity index (χ1v) is 4.93. The van der Waals surface area contributed by atoms with E-state index < -0.39 is 30.9 Å². The van der Waals surface area contributed by atoms with Crippen LogP contribution in [0.1, 0.15) is 18.1 Å². The molecule has 1 aromatic rings. The van der Waals surface area contributed by atoms with Crippen molar-refractivity contribution in [2.45, 2.75) is 24.3 Å². The van der Waals surface area contributed by atoms with E-state index >= 15 is 0 Å². The SMILES string of the molecule is OCC(O)(CC(O)c1ccccc1)C(F)(F)F. The number of aliphatic hydroxyl groups excluding tert-OH is 2. The first-order chi connectivity index (χ1) is 7.80. The van der Waals surface area contributed by atoms with E-state index in [1.54, 1.807) is 18.2 Å². The minimum Gasteiger partial charge on any atom is -0.393 e. The van der Waals surface area contributed by atoms with Gasteiger partial charge >= 0.3 is 6.18 Å². The average Bonchev–Trinajstić information content (AvgIpc) is 2.28. The Morgan fingerprint density at radius 3 is 2.06 bits per heavy atom. The zero-order valence-electron chi connectivity index (χ0n) is 8.85. The Morgan fingerprint density at radius 1 is 1.12 bits per heavy atom. The van der Waals surface area contributed by atoms with E-state index in [0.717, 1.165) is 0 Å². The molecule has 17 heavy (non-hydrogen) atoms. The first-order valence-electron chi connectivity index (χ1n) is 4.93. The van der Waals surface area contributed by atoms with Gasteiger partial charge in [0.2, 0.25) is 0 Å². The molecular weight excluding hydrogens is 237 g/mol. The zero-order chi connectivity index (χ0) is 13.1. The molecule has 0 fully saturated rings. The van der Waals surface area contributed by atoms with Crippen molar-refractivity contribution >= 4 is 0 Å². The maximum absolute atomic E-state index is 12.5. The van der Waals surface area contributed by atoms with Crippen LogP contribution in [-0.4, -0.2) is 33.7 Å². The number of hydrogen-bond donors (Lipinski definition) is 3. The van der Waals surface area contributed by atoms with Gasteiger partial charge in [-0.25, -0.2) is 0 Å². The normalized spacial score (nSPS) is 17.5. The summed E-state index contributed by atoms with van der Waals surface area (Å²) in [6.45, 7) is -1.49. The van der Waals surface area contributed by atoms with Crippen molar-refractivity contribution in [2.75, 3.05) is 6.61 Å². The molecule has 0 amide bonds. The summed E-state index contributed by atoms with van der Waals surface area (Å²) in [4.78, 5) is 0. The molecule has 2 unspecified atom stereocenters. The lowest BCUT2D eigenvalue weighted by Crippen LogP contribution is -2.49. The number of benzene rings is 1. The zero-order valence-corrected chi connectivity index (χ0v) is 8.85. The molecule has 0 saturated heterocycles. The highest BCUT2D eigenvalue weighted by molar-refractivity contribution is 5.18. The number of alkyl halides is 3. The molecule has 0 radical (unpaired) electrons. The number of aliphatic hydroxyl groups is 3. The average molecular weight is 250 g/mol. The highest BCUT2D eigenvalue weighted by Gasteiger charge is 2.54. The van der Waals surface area contributed by atoms with Gasteiger partial charge < -0.3 is 15.3 Å². The number of halogens is 3. The summed E-state index contributed by atoms with van der Waals surface area (Å²) in [5.74, 6) is 0. The van der Waals surface area contributed by atoms with Crippen molar-refractivity contribution in [1.82, 2.24) is 0 Å². The van der Waals surface area contributed by atoms with Gasteiger partial charge in [-0.05, 0) is 5.56 Å². The molecule has 96 valence electrons. The largest absolute Gasteiger partial charge is 0.419 e. The fourth-order valence-corrected chi connectivity index (χ4v) is 1.38. The number of hydrogen-bond acceptors (Lipinski definition) is 3. The summed E-state index contributed by atoms with van der Waals surface area (Å²) in [6.07, 6.45) is -7.48. The molecule has 0 heterocycles. The van der Waals surface area contributed by atoms with E-state index in [2.05, 4.69) is 0 Å². The summed E-state index contributed by atoms with van der Waals surface area (Å²) in [7, 11) is 0. The van der Waals surface area contributed by atoms with Gasteiger partial charge in [0.15, 0.2) is 5.60 Å². The van der Waals surface area contributed by atoms with Crippen LogP contribution < -0.4 is 0 Å². The lowest BCUT2D eigenvalue weighted by atomic mass is 9.93. The standard InChI is InChI=1S/C11H13F3O3/c12-11(13,14)10(17,7-15)6-9(16)8-4-2-1-3-5-8/h1-5,9,15-17H,6-7H2. The van der Waals surface area contributed by atoms with E-state index in [-0.39, 0.29) is 5.56 Å². The summed E-state index contributed by atoms with van der Waals surface area (Å²) in [5, 5.41) is 27.5. The van der Waals surface area contributed by atoms with Gasteiger partial charge in [0, 0.05) is 6.42 Å². The van der Waals surface area contributed by atoms with E-state index in [1.165, 1.54) is 12.1 Å². The minimum atomic E-state index is -4.99. The Morgan fingerprint density at radius 2 is 1.65 bits per heavy atom. The van der Waals surface area contributed by atoms with Gasteiger partial charge in [0.1, 0.15) is 0 Å². The molecule has 0 aliphatic heterocycles. The molecule has 0 saturated carbocycles. The van der Waals surface area contributed by atoms with Crippen LogP contribution in [0.4, 0.5) is 13.2 Å². The first kappa shape index (κ1) is 14.0. The fraction of sp³-hybridized carbons (Fsp3) is 0.455. The molecule has 0 spiro atoms. The van der Waals surface area contributed by atoms with Crippen LogP contribution in [-0.2, 0) is 0 Å². The van der Waals surface area contributed by atoms with Crippen molar-refractivity contribution in [3.8, 4) is 0 Å². The van der Waals surface area contributed by atoms with Crippen LogP contribution in [0.3, 0.4) is 0 Å². The minimum absolute atomic E-state index is 0.253. The van der Waals surface area contributed by atoms with Crippen molar-refractivity contribution < 1.29 is 28.5 Å². The van der Waals surface area contributed by atoms with E-state index in [1.807, 2.05) is 0 Å². The second-order valence-electron chi connectivity index (χ2n) is 3.82. The Kier molecular flexibility index (Phi) is 4.13. The Hall–Kier alpha value is -1.11. The molecule has 0 bridgehead atoms. The second-order valence-corrected chi connectivity index (χ2v) is 3.82. The topological polar surface area (TPSA) is 60.7 Å². The quantitative estimate of drug-likeness (QED) is 0.757. The van der Waals surface area contributed by atoms with Gasteiger partial charge in [-0.2, -0.15) is 13.2 Å². The molecule has 0 aliphatic carbocycles. The molecule has 1 rings (SSSR count). The summed E-state index contributed by atoms with van der Waals surface area (Å²) in [5.41, 5.74) is -3.04. The van der Waals surface area contributed by atoms with Crippen molar-refractivity contribution in [3.05, 3.63) is 35.9 Å². The smallest absolute Gasteiger partial charge is 0.393 e. The summed E-state index contributed by atoms with van der Waals surface area (Å²) < 4.78 is 37.4. The third kappa shape index (κ3) is 3.18. The van der Waals surface area contributed by atoms with Gasteiger partial charge in [-0.1, -0.05) is 30.3 Å². The molecule has 0 aromatic heterocycles. The van der Waals surface area contributed by atoms with E-state index in [4.69, 9.17) is 5.11 Å². The van der Waals surface area contributed by atoms with E-state index in [0.29, 0.717) is 0 Å². The molecule has 1 aromatic carbocycles. The Labute approximate surface area is 96.1 Å². The van der Waals surface area contributed by atoms with Crippen molar-refractivity contribution in [1.29, 1.82) is 0 Å². The molecule has 3 N–H and O–H groups in total. The Bertz CT molecular complexity index is 353. The van der Waals surface area contributed by atoms with Crippen LogP contribution in [0.15, 0.2) is 30.3 Å². The molecular formula is C11H13F3O3. The van der Waals surface area contributed by atoms with Gasteiger partial charge in [0.25, 0.3) is 0 Å². The Balaban J connectivity index is 2.83. The lowest BCUT2D eigenvalue weighted by Gasteiger charge is -2.30. The van der Waals surface area contributed by atoms with Gasteiger partial charge in [0.05, 0.1) is 12.7 Å². The van der Waals surface area contributed by atoms with Crippen LogP contribution in [0.25, 0.3) is 0 Å². The van der Waals surface area contributed by atoms with Crippen LogP contribution in [0, 0.1) is 0 Å². The van der Waals surface area contributed by atoms with Crippen molar-refractivity contribution in [2.24, 2.45) is 0 Å². The molecule has 2 atom stereocenters. The molecule has 0 aliphatic rings. The van der Waals surface area contributed by atoms with E-state index in [9.17, 15) is 23.4 Å². The predicted molar refractivity (Wildman–Crippen MR) is 54.1 cm³/mol. The lowest BCUT2D eigenvalue weighted by molar-refractivity contribution is -0.279. The highest BCUT2D eigenvalue weighted by atomic mass is 19.4. The van der Waals surface area contributed by atoms with Crippen LogP contribution >= 0.6 is 0 Å². The maximum Gasteiger partial charge on any atom is 0.419 e. The van der Waals surface area contributed by atoms with Crippen LogP contribution in [0.2, 0.25) is 0 Å². The second kappa shape index (κ2) is 5.03. The molecule has 3 nitrogen and oxygen atoms in total. The highest BCUT2D eigenvalue weighted by Crippen LogP contribution is 2.36. The summed E-state index contributed by atoms with van der Waals surface area (Å²) >= 11 is 0. The summed E-state index contributed by atoms with van der Waals surface area (Å²) in [6, 6.07) is 7.66. The third-order valence-electron chi connectivity index (χ3n) is 2.50. The van der Waals surface area contributed by atoms with Crippen molar-refractivity contribution in [3.63, 3.8) is 0 Å².